The van der Waals surface area contributed by atoms with Crippen molar-refractivity contribution in [3.63, 3.8) is 0 Å². The van der Waals surface area contributed by atoms with Gasteiger partial charge < -0.3 is 4.42 Å². The molecule has 0 saturated heterocycles. The van der Waals surface area contributed by atoms with Crippen molar-refractivity contribution in [2.75, 3.05) is 0 Å². The summed E-state index contributed by atoms with van der Waals surface area (Å²) in [7, 11) is 0. The fraction of sp³-hybridized carbons (Fsp3) is 0.160. The Labute approximate surface area is 164 Å². The Morgan fingerprint density at radius 2 is 1.32 bits per heavy atom. The Morgan fingerprint density at radius 1 is 0.786 bits per heavy atom. The van der Waals surface area contributed by atoms with Crippen molar-refractivity contribution in [3.05, 3.63) is 118 Å². The highest BCUT2D eigenvalue weighted by atomic mass is 16.4. The number of nitrogens with zero attached hydrogens (tertiary/aromatic N) is 1. The molecule has 0 aliphatic rings. The average Bonchev–Trinajstić information content (AvgIpc) is 2.74. The predicted octanol–water partition coefficient (Wildman–Crippen LogP) is 5.56. The summed E-state index contributed by atoms with van der Waals surface area (Å²) in [5.41, 5.74) is 2.18. The zero-order valence-electron chi connectivity index (χ0n) is 15.9. The summed E-state index contributed by atoms with van der Waals surface area (Å²) in [6.07, 6.45) is 0. The zero-order chi connectivity index (χ0) is 19.3. The van der Waals surface area contributed by atoms with Crippen molar-refractivity contribution < 1.29 is 4.42 Å². The van der Waals surface area contributed by atoms with Crippen LogP contribution in [0.15, 0.2) is 100 Å². The molecule has 0 unspecified atom stereocenters. The van der Waals surface area contributed by atoms with Crippen LogP contribution in [0.4, 0.5) is 0 Å². The van der Waals surface area contributed by atoms with Crippen molar-refractivity contribution in [3.8, 4) is 0 Å². The summed E-state index contributed by atoms with van der Waals surface area (Å²) >= 11 is 0. The molecule has 0 saturated carbocycles. The summed E-state index contributed by atoms with van der Waals surface area (Å²) in [6.45, 7) is 3.64. The van der Waals surface area contributed by atoms with E-state index < -0.39 is 0 Å². The summed E-state index contributed by atoms with van der Waals surface area (Å²) in [4.78, 5) is 14.8. The molecule has 0 radical (unpaired) electrons. The van der Waals surface area contributed by atoms with E-state index in [0.717, 1.165) is 18.5 Å². The Bertz CT molecular complexity index is 1060. The normalized spacial score (nSPS) is 12.4. The highest BCUT2D eigenvalue weighted by molar-refractivity contribution is 5.81. The van der Waals surface area contributed by atoms with E-state index in [9.17, 15) is 4.79 Å². The molecule has 0 spiro atoms. The lowest BCUT2D eigenvalue weighted by molar-refractivity contribution is 0.167. The third-order valence-corrected chi connectivity index (χ3v) is 5.11. The molecule has 4 aromatic rings. The summed E-state index contributed by atoms with van der Waals surface area (Å²) in [5.74, 6) is 0.690. The van der Waals surface area contributed by atoms with Gasteiger partial charge in [0.25, 0.3) is 0 Å². The molecule has 0 N–H and O–H groups in total. The zero-order valence-corrected chi connectivity index (χ0v) is 15.9. The summed E-state index contributed by atoms with van der Waals surface area (Å²) in [6, 6.07) is 30.3. The molecule has 28 heavy (non-hydrogen) atoms. The molecule has 3 aromatic carbocycles. The van der Waals surface area contributed by atoms with Crippen molar-refractivity contribution >= 4 is 10.8 Å². The van der Waals surface area contributed by atoms with Crippen LogP contribution in [0.1, 0.15) is 29.9 Å². The Morgan fingerprint density at radius 3 is 1.93 bits per heavy atom. The van der Waals surface area contributed by atoms with Gasteiger partial charge in [-0.2, -0.15) is 0 Å². The Hall–Kier alpha value is -3.17. The fourth-order valence-electron chi connectivity index (χ4n) is 3.50. The van der Waals surface area contributed by atoms with E-state index in [0.29, 0.717) is 11.1 Å². The van der Waals surface area contributed by atoms with Gasteiger partial charge >= 0.3 is 5.63 Å². The highest BCUT2D eigenvalue weighted by Crippen LogP contribution is 2.26. The van der Waals surface area contributed by atoms with Crippen LogP contribution in [0.25, 0.3) is 10.8 Å². The lowest BCUT2D eigenvalue weighted by Crippen LogP contribution is -2.27. The second kappa shape index (κ2) is 8.24. The van der Waals surface area contributed by atoms with Crippen molar-refractivity contribution in [1.29, 1.82) is 0 Å². The maximum absolute atomic E-state index is 12.5. The molecule has 4 rings (SSSR count). The van der Waals surface area contributed by atoms with Gasteiger partial charge in [-0.05, 0) is 35.6 Å². The molecule has 1 atom stereocenters. The minimum absolute atomic E-state index is 0.0438. The first kappa shape index (κ1) is 18.2. The van der Waals surface area contributed by atoms with Gasteiger partial charge in [0.2, 0.25) is 0 Å². The van der Waals surface area contributed by atoms with Gasteiger partial charge in [-0.15, -0.1) is 0 Å². The largest absolute Gasteiger partial charge is 0.426 e. The SMILES string of the molecule is C[C@@H](c1cc2ccccc2c(=O)o1)N(Cc1ccccc1)Cc1ccccc1. The van der Waals surface area contributed by atoms with Gasteiger partial charge in [0, 0.05) is 13.1 Å². The van der Waals surface area contributed by atoms with Gasteiger partial charge in [0.05, 0.1) is 11.4 Å². The quantitative estimate of drug-likeness (QED) is 0.446. The summed E-state index contributed by atoms with van der Waals surface area (Å²) < 4.78 is 5.71. The molecule has 0 amide bonds. The second-order valence-electron chi connectivity index (χ2n) is 7.08. The monoisotopic (exact) mass is 369 g/mol. The molecule has 0 aliphatic carbocycles. The molecule has 1 heterocycles. The van der Waals surface area contributed by atoms with Crippen LogP contribution in [0.2, 0.25) is 0 Å². The number of hydrogen-bond acceptors (Lipinski definition) is 3. The maximum atomic E-state index is 12.5. The van der Waals surface area contributed by atoms with Crippen LogP contribution in [-0.2, 0) is 13.1 Å². The third-order valence-electron chi connectivity index (χ3n) is 5.11. The van der Waals surface area contributed by atoms with Crippen molar-refractivity contribution in [2.24, 2.45) is 0 Å². The molecule has 140 valence electrons. The first-order valence-electron chi connectivity index (χ1n) is 9.55. The average molecular weight is 369 g/mol. The minimum Gasteiger partial charge on any atom is -0.426 e. The van der Waals surface area contributed by atoms with Crippen molar-refractivity contribution in [1.82, 2.24) is 4.90 Å². The Kier molecular flexibility index (Phi) is 5.36. The van der Waals surface area contributed by atoms with Crippen LogP contribution >= 0.6 is 0 Å². The first-order valence-corrected chi connectivity index (χ1v) is 9.55. The van der Waals surface area contributed by atoms with Gasteiger partial charge in [-0.1, -0.05) is 78.9 Å². The van der Waals surface area contributed by atoms with E-state index in [4.69, 9.17) is 4.42 Å². The topological polar surface area (TPSA) is 33.5 Å². The van der Waals surface area contributed by atoms with E-state index in [2.05, 4.69) is 60.4 Å². The molecule has 0 aliphatic heterocycles. The number of benzene rings is 3. The van der Waals surface area contributed by atoms with Crippen LogP contribution in [-0.4, -0.2) is 4.90 Å². The molecule has 0 bridgehead atoms. The van der Waals surface area contributed by atoms with E-state index in [1.165, 1.54) is 11.1 Å². The lowest BCUT2D eigenvalue weighted by Gasteiger charge is -2.28. The van der Waals surface area contributed by atoms with E-state index in [1.54, 1.807) is 6.07 Å². The molecule has 1 aromatic heterocycles. The van der Waals surface area contributed by atoms with Crippen LogP contribution in [0.5, 0.6) is 0 Å². The minimum atomic E-state index is -0.278. The lowest BCUT2D eigenvalue weighted by atomic mass is 10.1. The molecule has 3 nitrogen and oxygen atoms in total. The first-order chi connectivity index (χ1) is 13.7. The Balaban J connectivity index is 1.69. The standard InChI is InChI=1S/C25H23NO2/c1-19(24-16-22-14-8-9-15-23(22)25(27)28-24)26(17-20-10-4-2-5-11-20)18-21-12-6-3-7-13-21/h2-16,19H,17-18H2,1H3/t19-/m0/s1. The second-order valence-corrected chi connectivity index (χ2v) is 7.08. The third kappa shape index (κ3) is 4.05. The van der Waals surface area contributed by atoms with E-state index >= 15 is 0 Å². The van der Waals surface area contributed by atoms with Gasteiger partial charge in [-0.25, -0.2) is 4.79 Å². The maximum Gasteiger partial charge on any atom is 0.343 e. The van der Waals surface area contributed by atoms with Crippen LogP contribution in [0.3, 0.4) is 0 Å². The summed E-state index contributed by atoms with van der Waals surface area (Å²) in [5, 5.41) is 1.54. The van der Waals surface area contributed by atoms with E-state index in [-0.39, 0.29) is 11.7 Å². The molecular weight excluding hydrogens is 346 g/mol. The molecular formula is C25H23NO2. The fourth-order valence-corrected chi connectivity index (χ4v) is 3.50. The van der Waals surface area contributed by atoms with Crippen molar-refractivity contribution in [2.45, 2.75) is 26.1 Å². The van der Waals surface area contributed by atoms with Crippen LogP contribution < -0.4 is 5.63 Å². The number of rotatable bonds is 6. The number of fused-ring (bicyclic) bond motifs is 1. The van der Waals surface area contributed by atoms with Crippen LogP contribution in [0, 0.1) is 0 Å². The van der Waals surface area contributed by atoms with Gasteiger partial charge in [0.15, 0.2) is 0 Å². The van der Waals surface area contributed by atoms with Gasteiger partial charge in [0.1, 0.15) is 5.76 Å². The van der Waals surface area contributed by atoms with Gasteiger partial charge in [-0.3, -0.25) is 4.90 Å². The predicted molar refractivity (Wildman–Crippen MR) is 113 cm³/mol. The molecule has 0 fully saturated rings. The molecule has 3 heteroatoms. The highest BCUT2D eigenvalue weighted by Gasteiger charge is 2.20. The van der Waals surface area contributed by atoms with E-state index in [1.807, 2.05) is 36.4 Å². The smallest absolute Gasteiger partial charge is 0.343 e. The number of hydrogen-bond donors (Lipinski definition) is 0.